The van der Waals surface area contributed by atoms with Gasteiger partial charge in [0, 0.05) is 19.3 Å². The second-order valence-corrected chi connectivity index (χ2v) is 4.21. The van der Waals surface area contributed by atoms with Crippen molar-refractivity contribution in [1.29, 1.82) is 0 Å². The van der Waals surface area contributed by atoms with Crippen molar-refractivity contribution in [3.05, 3.63) is 46.8 Å². The van der Waals surface area contributed by atoms with Crippen molar-refractivity contribution < 1.29 is 5.11 Å². The molecule has 0 atom stereocenters. The van der Waals surface area contributed by atoms with Crippen LogP contribution in [-0.4, -0.2) is 15.9 Å². The summed E-state index contributed by atoms with van der Waals surface area (Å²) in [4.78, 5) is 16.2. The van der Waals surface area contributed by atoms with Crippen LogP contribution in [0.5, 0.6) is 5.75 Å². The average Bonchev–Trinajstić information content (AvgIpc) is 2.44. The molecule has 19 heavy (non-hydrogen) atoms. The van der Waals surface area contributed by atoms with Crippen molar-refractivity contribution in [2.45, 2.75) is 13.3 Å². The molecule has 4 heteroatoms. The predicted molar refractivity (Wildman–Crippen MR) is 77.2 cm³/mol. The molecule has 0 aliphatic rings. The molecule has 0 fully saturated rings. The van der Waals surface area contributed by atoms with Gasteiger partial charge in [0.2, 0.25) is 0 Å². The first-order valence-corrected chi connectivity index (χ1v) is 6.16. The Hall–Kier alpha value is -2.36. The normalized spacial score (nSPS) is 11.1. The van der Waals surface area contributed by atoms with Gasteiger partial charge in [0.1, 0.15) is 5.75 Å². The molecule has 0 aliphatic heterocycles. The Balaban J connectivity index is 2.62. The van der Waals surface area contributed by atoms with Gasteiger partial charge in [-0.1, -0.05) is 37.3 Å². The van der Waals surface area contributed by atoms with E-state index in [1.54, 1.807) is 19.3 Å². The van der Waals surface area contributed by atoms with E-state index in [9.17, 15) is 9.90 Å². The maximum absolute atomic E-state index is 12.2. The van der Waals surface area contributed by atoms with Gasteiger partial charge in [0.25, 0.3) is 5.56 Å². The summed E-state index contributed by atoms with van der Waals surface area (Å²) in [7, 11) is 1.68. The van der Waals surface area contributed by atoms with E-state index in [4.69, 9.17) is 0 Å². The quantitative estimate of drug-likeness (QED) is 0.858. The highest BCUT2D eigenvalue weighted by molar-refractivity contribution is 5.69. The molecule has 2 aromatic rings. The summed E-state index contributed by atoms with van der Waals surface area (Å²) in [6.45, 7) is 1.92. The fourth-order valence-electron chi connectivity index (χ4n) is 1.86. The number of rotatable bonds is 3. The lowest BCUT2D eigenvalue weighted by atomic mass is 10.1. The van der Waals surface area contributed by atoms with Crippen molar-refractivity contribution >= 4 is 11.9 Å². The van der Waals surface area contributed by atoms with Crippen molar-refractivity contribution in [3.8, 4) is 17.0 Å². The number of nitrogens with zero attached hydrogens (tertiary/aromatic N) is 2. The van der Waals surface area contributed by atoms with Crippen LogP contribution in [0.25, 0.3) is 11.3 Å². The topological polar surface area (TPSA) is 54.6 Å². The van der Waals surface area contributed by atoms with E-state index < -0.39 is 0 Å². The maximum atomic E-state index is 12.2. The second-order valence-electron chi connectivity index (χ2n) is 4.21. The lowest BCUT2D eigenvalue weighted by Gasteiger charge is -2.10. The van der Waals surface area contributed by atoms with Crippen LogP contribution in [0.15, 0.2) is 46.2 Å². The van der Waals surface area contributed by atoms with Crippen molar-refractivity contribution in [2.24, 2.45) is 12.0 Å². The zero-order valence-corrected chi connectivity index (χ0v) is 11.0. The number of hydrogen-bond donors (Lipinski definition) is 1. The number of aromatic nitrogens is 1. The van der Waals surface area contributed by atoms with Crippen molar-refractivity contribution in [3.63, 3.8) is 0 Å². The minimum Gasteiger partial charge on any atom is -0.505 e. The van der Waals surface area contributed by atoms with Crippen molar-refractivity contribution in [2.75, 3.05) is 0 Å². The molecule has 0 amide bonds. The average molecular weight is 256 g/mol. The molecule has 0 saturated carbocycles. The van der Waals surface area contributed by atoms with Gasteiger partial charge in [-0.05, 0) is 12.0 Å². The van der Waals surface area contributed by atoms with Gasteiger partial charge >= 0.3 is 0 Å². The highest BCUT2D eigenvalue weighted by Gasteiger charge is 2.12. The summed E-state index contributed by atoms with van der Waals surface area (Å²) >= 11 is 0. The Morgan fingerprint density at radius 2 is 2.00 bits per heavy atom. The van der Waals surface area contributed by atoms with Gasteiger partial charge in [-0.25, -0.2) is 0 Å². The summed E-state index contributed by atoms with van der Waals surface area (Å²) in [6, 6.07) is 11.0. The third-order valence-corrected chi connectivity index (χ3v) is 2.86. The summed E-state index contributed by atoms with van der Waals surface area (Å²) < 4.78 is 1.50. The van der Waals surface area contributed by atoms with E-state index >= 15 is 0 Å². The molecule has 4 nitrogen and oxygen atoms in total. The number of hydrogen-bond acceptors (Lipinski definition) is 3. The van der Waals surface area contributed by atoms with E-state index in [0.717, 1.165) is 5.56 Å². The number of aliphatic imine (C=N–C) groups is 1. The van der Waals surface area contributed by atoms with Gasteiger partial charge < -0.3 is 9.67 Å². The van der Waals surface area contributed by atoms with Crippen molar-refractivity contribution in [1.82, 2.24) is 4.57 Å². The molecule has 1 N–H and O–H groups in total. The summed E-state index contributed by atoms with van der Waals surface area (Å²) in [6.07, 6.45) is 2.32. The molecule has 2 rings (SSSR count). The Morgan fingerprint density at radius 3 is 2.63 bits per heavy atom. The predicted octanol–water partition coefficient (Wildman–Crippen LogP) is 2.87. The van der Waals surface area contributed by atoms with Crippen LogP contribution < -0.4 is 5.56 Å². The fourth-order valence-corrected chi connectivity index (χ4v) is 1.86. The first-order valence-electron chi connectivity index (χ1n) is 6.16. The Bertz CT molecular complexity index is 658. The molecule has 0 saturated heterocycles. The summed E-state index contributed by atoms with van der Waals surface area (Å²) in [5, 5.41) is 9.96. The molecule has 0 spiro atoms. The van der Waals surface area contributed by atoms with Gasteiger partial charge in [0.05, 0.1) is 5.69 Å². The molecular weight excluding hydrogens is 240 g/mol. The van der Waals surface area contributed by atoms with E-state index in [1.807, 2.05) is 37.3 Å². The Labute approximate surface area is 111 Å². The van der Waals surface area contributed by atoms with Gasteiger partial charge in [-0.2, -0.15) is 0 Å². The SMILES string of the molecule is CCC=Nc1c(O)cc(-c2ccccc2)n(C)c1=O. The monoisotopic (exact) mass is 256 g/mol. The number of aromatic hydroxyl groups is 1. The third kappa shape index (κ3) is 2.57. The molecule has 0 bridgehead atoms. The highest BCUT2D eigenvalue weighted by atomic mass is 16.3. The maximum Gasteiger partial charge on any atom is 0.280 e. The fraction of sp³-hybridized carbons (Fsp3) is 0.200. The molecule has 1 aromatic heterocycles. The highest BCUT2D eigenvalue weighted by Crippen LogP contribution is 2.27. The first-order chi connectivity index (χ1) is 9.15. The molecule has 0 aliphatic carbocycles. The van der Waals surface area contributed by atoms with Gasteiger partial charge in [-0.15, -0.1) is 0 Å². The van der Waals surface area contributed by atoms with E-state index in [0.29, 0.717) is 12.1 Å². The molecule has 0 unspecified atom stereocenters. The largest absolute Gasteiger partial charge is 0.505 e. The molecule has 1 heterocycles. The van der Waals surface area contributed by atoms with Crippen LogP contribution in [0.2, 0.25) is 0 Å². The van der Waals surface area contributed by atoms with Crippen LogP contribution in [0.3, 0.4) is 0 Å². The number of benzene rings is 1. The van der Waals surface area contributed by atoms with Crippen LogP contribution in [0, 0.1) is 0 Å². The first kappa shape index (κ1) is 13.1. The minimum absolute atomic E-state index is 0.0871. The standard InChI is InChI=1S/C15H16N2O2/c1-3-9-16-14-13(18)10-12(17(2)15(14)19)11-7-5-4-6-8-11/h4-10,18H,3H2,1-2H3. The zero-order valence-electron chi connectivity index (χ0n) is 11.0. The summed E-state index contributed by atoms with van der Waals surface area (Å²) in [5.74, 6) is -0.0911. The molecule has 98 valence electrons. The van der Waals surface area contributed by atoms with Crippen LogP contribution in [-0.2, 0) is 7.05 Å². The third-order valence-electron chi connectivity index (χ3n) is 2.86. The lowest BCUT2D eigenvalue weighted by Crippen LogP contribution is -2.18. The Kier molecular flexibility index (Phi) is 3.80. The smallest absolute Gasteiger partial charge is 0.280 e. The van der Waals surface area contributed by atoms with E-state index in [1.165, 1.54) is 4.57 Å². The molecule has 0 radical (unpaired) electrons. The second kappa shape index (κ2) is 5.52. The Morgan fingerprint density at radius 1 is 1.32 bits per heavy atom. The van der Waals surface area contributed by atoms with Crippen LogP contribution in [0.4, 0.5) is 5.69 Å². The van der Waals surface area contributed by atoms with E-state index in [-0.39, 0.29) is 17.0 Å². The lowest BCUT2D eigenvalue weighted by molar-refractivity contribution is 0.474. The van der Waals surface area contributed by atoms with Crippen LogP contribution >= 0.6 is 0 Å². The van der Waals surface area contributed by atoms with Gasteiger partial charge in [-0.3, -0.25) is 9.79 Å². The van der Waals surface area contributed by atoms with E-state index in [2.05, 4.69) is 4.99 Å². The van der Waals surface area contributed by atoms with Crippen LogP contribution in [0.1, 0.15) is 13.3 Å². The molecular formula is C15H16N2O2. The number of pyridine rings is 1. The minimum atomic E-state index is -0.302. The van der Waals surface area contributed by atoms with Gasteiger partial charge in [0.15, 0.2) is 5.69 Å². The zero-order chi connectivity index (χ0) is 13.8. The molecule has 1 aromatic carbocycles. The summed E-state index contributed by atoms with van der Waals surface area (Å²) in [5.41, 5.74) is 1.33.